The fraction of sp³-hybridized carbons (Fsp3) is 0.312. The number of nitrogens with one attached hydrogen (secondary N) is 1. The Hall–Kier alpha value is -1.83. The fourth-order valence-electron chi connectivity index (χ4n) is 1.97. The molecule has 0 spiro atoms. The summed E-state index contributed by atoms with van der Waals surface area (Å²) in [5, 5.41) is 3.39. The summed E-state index contributed by atoms with van der Waals surface area (Å²) in [7, 11) is 0. The Balaban J connectivity index is 1.93. The summed E-state index contributed by atoms with van der Waals surface area (Å²) in [4.78, 5) is 4.47. The molecule has 1 aromatic carbocycles. The number of hydrogen-bond donors (Lipinski definition) is 1. The fourth-order valence-corrected chi connectivity index (χ4v) is 1.97. The molecular formula is C16H20N2. The number of aryl methyl sites for hydroxylation is 2. The van der Waals surface area contributed by atoms with Crippen LogP contribution >= 0.6 is 0 Å². The summed E-state index contributed by atoms with van der Waals surface area (Å²) in [5.74, 6) is 0. The van der Waals surface area contributed by atoms with Gasteiger partial charge in [-0.3, -0.25) is 4.98 Å². The second-order valence-corrected chi connectivity index (χ2v) is 4.57. The molecule has 0 aliphatic rings. The van der Waals surface area contributed by atoms with Crippen LogP contribution in [0.3, 0.4) is 0 Å². The average Bonchev–Trinajstić information content (AvgIpc) is 2.38. The van der Waals surface area contributed by atoms with Crippen molar-refractivity contribution in [1.29, 1.82) is 0 Å². The molecule has 0 aliphatic carbocycles. The first-order chi connectivity index (χ1) is 8.78. The van der Waals surface area contributed by atoms with Crippen molar-refractivity contribution >= 4 is 5.69 Å². The van der Waals surface area contributed by atoms with E-state index in [1.165, 1.54) is 12.0 Å². The highest BCUT2D eigenvalue weighted by atomic mass is 14.9. The summed E-state index contributed by atoms with van der Waals surface area (Å²) in [6, 6.07) is 14.8. The highest BCUT2D eigenvalue weighted by molar-refractivity contribution is 5.44. The van der Waals surface area contributed by atoms with E-state index in [0.717, 1.165) is 30.0 Å². The van der Waals surface area contributed by atoms with E-state index >= 15 is 0 Å². The molecular weight excluding hydrogens is 220 g/mol. The molecule has 2 rings (SSSR count). The molecule has 0 aliphatic heterocycles. The van der Waals surface area contributed by atoms with Crippen LogP contribution in [0.2, 0.25) is 0 Å². The lowest BCUT2D eigenvalue weighted by Gasteiger charge is -2.07. The number of pyridine rings is 1. The molecule has 1 N–H and O–H groups in total. The predicted molar refractivity (Wildman–Crippen MR) is 76.7 cm³/mol. The molecule has 0 unspecified atom stereocenters. The van der Waals surface area contributed by atoms with Gasteiger partial charge in [-0.25, -0.2) is 0 Å². The van der Waals surface area contributed by atoms with Crippen LogP contribution in [0, 0.1) is 6.92 Å². The molecule has 1 aromatic heterocycles. The first-order valence-corrected chi connectivity index (χ1v) is 6.53. The molecule has 0 fully saturated rings. The van der Waals surface area contributed by atoms with Gasteiger partial charge in [0.25, 0.3) is 0 Å². The summed E-state index contributed by atoms with van der Waals surface area (Å²) in [6.45, 7) is 4.99. The first kappa shape index (κ1) is 12.6. The van der Waals surface area contributed by atoms with E-state index in [1.54, 1.807) is 0 Å². The lowest BCUT2D eigenvalue weighted by molar-refractivity contribution is 0.921. The highest BCUT2D eigenvalue weighted by Crippen LogP contribution is 2.12. The highest BCUT2D eigenvalue weighted by Gasteiger charge is 1.96. The Labute approximate surface area is 109 Å². The van der Waals surface area contributed by atoms with Crippen LogP contribution in [0.5, 0.6) is 0 Å². The molecule has 0 amide bonds. The summed E-state index contributed by atoms with van der Waals surface area (Å²) in [6.07, 6.45) is 2.35. The summed E-state index contributed by atoms with van der Waals surface area (Å²) < 4.78 is 0. The van der Waals surface area contributed by atoms with Crippen molar-refractivity contribution in [3.05, 3.63) is 59.4 Å². The van der Waals surface area contributed by atoms with Gasteiger partial charge < -0.3 is 5.32 Å². The number of aromatic nitrogens is 1. The maximum Gasteiger partial charge on any atom is 0.0597 e. The van der Waals surface area contributed by atoms with E-state index in [4.69, 9.17) is 0 Å². The first-order valence-electron chi connectivity index (χ1n) is 6.53. The largest absolute Gasteiger partial charge is 0.379 e. The third kappa shape index (κ3) is 3.59. The van der Waals surface area contributed by atoms with Gasteiger partial charge in [-0.2, -0.15) is 0 Å². The van der Waals surface area contributed by atoms with Gasteiger partial charge in [0.1, 0.15) is 0 Å². The third-order valence-electron chi connectivity index (χ3n) is 2.91. The Morgan fingerprint density at radius 3 is 2.50 bits per heavy atom. The standard InChI is InChI=1S/C16H20N2/c1-3-5-14-8-10-15(11-9-14)17-12-16-7-4-6-13(2)18-16/h4,6-11,17H,3,5,12H2,1-2H3. The van der Waals surface area contributed by atoms with Gasteiger partial charge >= 0.3 is 0 Å². The number of anilines is 1. The molecule has 0 bridgehead atoms. The summed E-state index contributed by atoms with van der Waals surface area (Å²) >= 11 is 0. The van der Waals surface area contributed by atoms with E-state index in [9.17, 15) is 0 Å². The zero-order valence-electron chi connectivity index (χ0n) is 11.1. The van der Waals surface area contributed by atoms with Crippen LogP contribution in [-0.4, -0.2) is 4.98 Å². The Morgan fingerprint density at radius 2 is 1.83 bits per heavy atom. The van der Waals surface area contributed by atoms with Crippen molar-refractivity contribution < 1.29 is 0 Å². The minimum atomic E-state index is 0.773. The molecule has 94 valence electrons. The van der Waals surface area contributed by atoms with E-state index < -0.39 is 0 Å². The molecule has 1 heterocycles. The van der Waals surface area contributed by atoms with Gasteiger partial charge in [-0.15, -0.1) is 0 Å². The van der Waals surface area contributed by atoms with Gasteiger partial charge in [-0.1, -0.05) is 31.5 Å². The maximum atomic E-state index is 4.47. The van der Waals surface area contributed by atoms with Crippen LogP contribution in [0.15, 0.2) is 42.5 Å². The Bertz CT molecular complexity index is 489. The third-order valence-corrected chi connectivity index (χ3v) is 2.91. The second-order valence-electron chi connectivity index (χ2n) is 4.57. The van der Waals surface area contributed by atoms with Crippen molar-refractivity contribution in [2.45, 2.75) is 33.2 Å². The predicted octanol–water partition coefficient (Wildman–Crippen LogP) is 3.95. The quantitative estimate of drug-likeness (QED) is 0.855. The molecule has 2 heteroatoms. The minimum Gasteiger partial charge on any atom is -0.379 e. The summed E-state index contributed by atoms with van der Waals surface area (Å²) in [5.41, 5.74) is 4.69. The molecule has 18 heavy (non-hydrogen) atoms. The van der Waals surface area contributed by atoms with E-state index in [1.807, 2.05) is 25.1 Å². The van der Waals surface area contributed by atoms with Crippen LogP contribution in [0.1, 0.15) is 30.3 Å². The van der Waals surface area contributed by atoms with Gasteiger partial charge in [-0.05, 0) is 43.2 Å². The van der Waals surface area contributed by atoms with Crippen molar-refractivity contribution in [3.63, 3.8) is 0 Å². The SMILES string of the molecule is CCCc1ccc(NCc2cccc(C)n2)cc1. The smallest absolute Gasteiger partial charge is 0.0597 e. The Morgan fingerprint density at radius 1 is 1.06 bits per heavy atom. The molecule has 2 nitrogen and oxygen atoms in total. The average molecular weight is 240 g/mol. The van der Waals surface area contributed by atoms with Crippen molar-refractivity contribution in [1.82, 2.24) is 4.98 Å². The van der Waals surface area contributed by atoms with Gasteiger partial charge in [0.2, 0.25) is 0 Å². The monoisotopic (exact) mass is 240 g/mol. The van der Waals surface area contributed by atoms with E-state index in [0.29, 0.717) is 0 Å². The Kier molecular flexibility index (Phi) is 4.35. The van der Waals surface area contributed by atoms with Gasteiger partial charge in [0.05, 0.1) is 12.2 Å². The molecule has 2 aromatic rings. The lowest BCUT2D eigenvalue weighted by Crippen LogP contribution is -2.02. The van der Waals surface area contributed by atoms with Crippen LogP contribution in [-0.2, 0) is 13.0 Å². The van der Waals surface area contributed by atoms with E-state index in [2.05, 4.69) is 41.5 Å². The molecule has 0 radical (unpaired) electrons. The second kappa shape index (κ2) is 6.20. The molecule has 0 atom stereocenters. The van der Waals surface area contributed by atoms with Crippen molar-refractivity contribution in [2.24, 2.45) is 0 Å². The number of hydrogen-bond acceptors (Lipinski definition) is 2. The van der Waals surface area contributed by atoms with Crippen LogP contribution < -0.4 is 5.32 Å². The normalized spacial score (nSPS) is 10.3. The number of nitrogens with zero attached hydrogens (tertiary/aromatic N) is 1. The number of benzene rings is 1. The minimum absolute atomic E-state index is 0.773. The zero-order chi connectivity index (χ0) is 12.8. The molecule has 0 saturated heterocycles. The topological polar surface area (TPSA) is 24.9 Å². The maximum absolute atomic E-state index is 4.47. The van der Waals surface area contributed by atoms with Crippen molar-refractivity contribution in [2.75, 3.05) is 5.32 Å². The lowest BCUT2D eigenvalue weighted by atomic mass is 10.1. The molecule has 0 saturated carbocycles. The zero-order valence-corrected chi connectivity index (χ0v) is 11.1. The van der Waals surface area contributed by atoms with Crippen LogP contribution in [0.4, 0.5) is 5.69 Å². The van der Waals surface area contributed by atoms with Crippen LogP contribution in [0.25, 0.3) is 0 Å². The van der Waals surface area contributed by atoms with E-state index in [-0.39, 0.29) is 0 Å². The van der Waals surface area contributed by atoms with Gasteiger partial charge in [0.15, 0.2) is 0 Å². The van der Waals surface area contributed by atoms with Crippen molar-refractivity contribution in [3.8, 4) is 0 Å². The number of rotatable bonds is 5. The van der Waals surface area contributed by atoms with Gasteiger partial charge in [0, 0.05) is 11.4 Å².